The summed E-state index contributed by atoms with van der Waals surface area (Å²) < 4.78 is 0. The van der Waals surface area contributed by atoms with Gasteiger partial charge in [-0.25, -0.2) is 4.98 Å². The van der Waals surface area contributed by atoms with Crippen LogP contribution in [0.5, 0.6) is 0 Å². The lowest BCUT2D eigenvalue weighted by Gasteiger charge is -2.17. The van der Waals surface area contributed by atoms with Crippen LogP contribution in [0.3, 0.4) is 0 Å². The summed E-state index contributed by atoms with van der Waals surface area (Å²) in [5.74, 6) is 6.44. The standard InChI is InChI=1S/C16H18N4O/c1-12-5-6-13(4-3-7-17)10-14(12)16(21)20(2)11-15-18-8-9-19-15/h5-6,8-10H,7,11,17H2,1-2H3,(H,18,19). The zero-order chi connectivity index (χ0) is 15.2. The smallest absolute Gasteiger partial charge is 0.254 e. The number of aromatic amines is 1. The van der Waals surface area contributed by atoms with Gasteiger partial charge in [-0.05, 0) is 24.6 Å². The zero-order valence-electron chi connectivity index (χ0n) is 12.2. The minimum atomic E-state index is -0.0553. The Balaban J connectivity index is 2.21. The third-order valence-electron chi connectivity index (χ3n) is 3.09. The molecule has 1 amide bonds. The quantitative estimate of drug-likeness (QED) is 0.833. The van der Waals surface area contributed by atoms with E-state index in [2.05, 4.69) is 21.8 Å². The van der Waals surface area contributed by atoms with Gasteiger partial charge in [-0.2, -0.15) is 0 Å². The van der Waals surface area contributed by atoms with Crippen LogP contribution in [0, 0.1) is 18.8 Å². The highest BCUT2D eigenvalue weighted by atomic mass is 16.2. The number of carbonyl (C=O) groups excluding carboxylic acids is 1. The van der Waals surface area contributed by atoms with Crippen molar-refractivity contribution in [3.63, 3.8) is 0 Å². The second kappa shape index (κ2) is 6.73. The van der Waals surface area contributed by atoms with Gasteiger partial charge in [0.05, 0.1) is 13.1 Å². The van der Waals surface area contributed by atoms with E-state index >= 15 is 0 Å². The van der Waals surface area contributed by atoms with E-state index in [4.69, 9.17) is 5.73 Å². The van der Waals surface area contributed by atoms with Gasteiger partial charge in [-0.1, -0.05) is 17.9 Å². The molecule has 0 spiro atoms. The lowest BCUT2D eigenvalue weighted by molar-refractivity contribution is 0.0781. The summed E-state index contributed by atoms with van der Waals surface area (Å²) in [5, 5.41) is 0. The van der Waals surface area contributed by atoms with Gasteiger partial charge in [0, 0.05) is 30.6 Å². The minimum absolute atomic E-state index is 0.0553. The molecular weight excluding hydrogens is 264 g/mol. The Kier molecular flexibility index (Phi) is 4.75. The molecule has 2 aromatic rings. The van der Waals surface area contributed by atoms with Crippen molar-refractivity contribution in [1.29, 1.82) is 0 Å². The number of hydrogen-bond donors (Lipinski definition) is 2. The molecule has 5 nitrogen and oxygen atoms in total. The Morgan fingerprint density at radius 1 is 1.48 bits per heavy atom. The van der Waals surface area contributed by atoms with Gasteiger partial charge in [0.1, 0.15) is 5.82 Å². The molecule has 0 radical (unpaired) electrons. The molecule has 0 aliphatic heterocycles. The van der Waals surface area contributed by atoms with Crippen LogP contribution in [0.25, 0.3) is 0 Å². The summed E-state index contributed by atoms with van der Waals surface area (Å²) in [4.78, 5) is 21.3. The highest BCUT2D eigenvalue weighted by Crippen LogP contribution is 2.14. The van der Waals surface area contributed by atoms with Crippen LogP contribution < -0.4 is 5.73 Å². The van der Waals surface area contributed by atoms with Crippen molar-refractivity contribution < 1.29 is 4.79 Å². The van der Waals surface area contributed by atoms with E-state index in [1.54, 1.807) is 30.4 Å². The fourth-order valence-electron chi connectivity index (χ4n) is 1.97. The average Bonchev–Trinajstić information content (AvgIpc) is 2.98. The monoisotopic (exact) mass is 282 g/mol. The Bertz CT molecular complexity index is 680. The van der Waals surface area contributed by atoms with Crippen LogP contribution in [0.2, 0.25) is 0 Å². The number of hydrogen-bond acceptors (Lipinski definition) is 3. The number of rotatable bonds is 3. The SMILES string of the molecule is Cc1ccc(C#CCN)cc1C(=O)N(C)Cc1ncc[nH]1. The zero-order valence-corrected chi connectivity index (χ0v) is 12.2. The molecule has 0 saturated carbocycles. The van der Waals surface area contributed by atoms with Crippen LogP contribution in [0.15, 0.2) is 30.6 Å². The lowest BCUT2D eigenvalue weighted by atomic mass is 10.0. The number of amides is 1. The van der Waals surface area contributed by atoms with Crippen LogP contribution in [0.4, 0.5) is 0 Å². The maximum atomic E-state index is 12.5. The minimum Gasteiger partial charge on any atom is -0.347 e. The third-order valence-corrected chi connectivity index (χ3v) is 3.09. The van der Waals surface area contributed by atoms with E-state index in [0.29, 0.717) is 18.7 Å². The topological polar surface area (TPSA) is 75.0 Å². The molecule has 1 heterocycles. The maximum Gasteiger partial charge on any atom is 0.254 e. The summed E-state index contributed by atoms with van der Waals surface area (Å²) in [6.07, 6.45) is 3.41. The van der Waals surface area contributed by atoms with E-state index in [-0.39, 0.29) is 5.91 Å². The van der Waals surface area contributed by atoms with Gasteiger partial charge in [0.25, 0.3) is 5.91 Å². The predicted molar refractivity (Wildman–Crippen MR) is 81.5 cm³/mol. The number of benzene rings is 1. The first kappa shape index (κ1) is 14.8. The second-order valence-corrected chi connectivity index (χ2v) is 4.73. The van der Waals surface area contributed by atoms with Crippen molar-refractivity contribution in [2.45, 2.75) is 13.5 Å². The van der Waals surface area contributed by atoms with Gasteiger partial charge in [0.2, 0.25) is 0 Å². The molecule has 1 aromatic carbocycles. The predicted octanol–water partition coefficient (Wildman–Crippen LogP) is 1.30. The van der Waals surface area contributed by atoms with Gasteiger partial charge in [0.15, 0.2) is 0 Å². The second-order valence-electron chi connectivity index (χ2n) is 4.73. The Labute approximate surface area is 124 Å². The molecule has 0 aliphatic rings. The normalized spacial score (nSPS) is 9.86. The largest absolute Gasteiger partial charge is 0.347 e. The first-order chi connectivity index (χ1) is 10.1. The molecule has 2 rings (SSSR count). The fraction of sp³-hybridized carbons (Fsp3) is 0.250. The van der Waals surface area contributed by atoms with Gasteiger partial charge < -0.3 is 15.6 Å². The molecule has 0 unspecified atom stereocenters. The fourth-order valence-corrected chi connectivity index (χ4v) is 1.97. The van der Waals surface area contributed by atoms with Crippen molar-refractivity contribution in [3.8, 4) is 11.8 Å². The number of nitrogens with one attached hydrogen (secondary N) is 1. The number of aryl methyl sites for hydroxylation is 1. The maximum absolute atomic E-state index is 12.5. The van der Waals surface area contributed by atoms with Crippen molar-refractivity contribution in [3.05, 3.63) is 53.1 Å². The van der Waals surface area contributed by atoms with Crippen LogP contribution >= 0.6 is 0 Å². The molecule has 3 N–H and O–H groups in total. The molecule has 108 valence electrons. The Hall–Kier alpha value is -2.58. The van der Waals surface area contributed by atoms with Crippen LogP contribution in [-0.2, 0) is 6.54 Å². The third kappa shape index (κ3) is 3.71. The molecule has 1 aromatic heterocycles. The van der Waals surface area contributed by atoms with E-state index < -0.39 is 0 Å². The molecule has 0 bridgehead atoms. The first-order valence-electron chi connectivity index (χ1n) is 6.65. The van der Waals surface area contributed by atoms with Gasteiger partial charge in [-0.15, -0.1) is 0 Å². The number of H-pyrrole nitrogens is 1. The molecule has 21 heavy (non-hydrogen) atoms. The molecule has 0 atom stereocenters. The highest BCUT2D eigenvalue weighted by Gasteiger charge is 2.15. The Morgan fingerprint density at radius 3 is 2.95 bits per heavy atom. The number of nitrogens with two attached hydrogens (primary N) is 1. The average molecular weight is 282 g/mol. The van der Waals surface area contributed by atoms with Gasteiger partial charge in [-0.3, -0.25) is 4.79 Å². The van der Waals surface area contributed by atoms with Crippen molar-refractivity contribution >= 4 is 5.91 Å². The molecule has 0 fully saturated rings. The van der Waals surface area contributed by atoms with Crippen molar-refractivity contribution in [2.75, 3.05) is 13.6 Å². The summed E-state index contributed by atoms with van der Waals surface area (Å²) in [6, 6.07) is 5.59. The summed E-state index contributed by atoms with van der Waals surface area (Å²) in [5.41, 5.74) is 7.73. The number of aromatic nitrogens is 2. The number of imidazole rings is 1. The highest BCUT2D eigenvalue weighted by molar-refractivity contribution is 5.95. The number of carbonyl (C=O) groups is 1. The summed E-state index contributed by atoms with van der Waals surface area (Å²) in [7, 11) is 1.75. The van der Waals surface area contributed by atoms with E-state index in [1.807, 2.05) is 19.1 Å². The van der Waals surface area contributed by atoms with Gasteiger partial charge >= 0.3 is 0 Å². The lowest BCUT2D eigenvalue weighted by Crippen LogP contribution is -2.27. The Morgan fingerprint density at radius 2 is 2.29 bits per heavy atom. The first-order valence-corrected chi connectivity index (χ1v) is 6.65. The van der Waals surface area contributed by atoms with E-state index in [9.17, 15) is 4.79 Å². The molecule has 0 saturated heterocycles. The van der Waals surface area contributed by atoms with Crippen molar-refractivity contribution in [2.24, 2.45) is 5.73 Å². The molecule has 0 aliphatic carbocycles. The summed E-state index contributed by atoms with van der Waals surface area (Å²) >= 11 is 0. The molecule has 5 heteroatoms. The van der Waals surface area contributed by atoms with Crippen LogP contribution in [-0.4, -0.2) is 34.4 Å². The molecular formula is C16H18N4O. The van der Waals surface area contributed by atoms with E-state index in [1.165, 1.54) is 0 Å². The van der Waals surface area contributed by atoms with Crippen LogP contribution in [0.1, 0.15) is 27.3 Å². The number of nitrogens with zero attached hydrogens (tertiary/aromatic N) is 2. The van der Waals surface area contributed by atoms with Crippen molar-refractivity contribution in [1.82, 2.24) is 14.9 Å². The van der Waals surface area contributed by atoms with E-state index in [0.717, 1.165) is 17.0 Å². The summed E-state index contributed by atoms with van der Waals surface area (Å²) in [6.45, 7) is 2.65.